The van der Waals surface area contributed by atoms with E-state index in [2.05, 4.69) is 12.2 Å². The Morgan fingerprint density at radius 3 is 2.53 bits per heavy atom. The molecule has 2 aromatic carbocycles. The molecule has 0 spiro atoms. The quantitative estimate of drug-likeness (QED) is 0.669. The van der Waals surface area contributed by atoms with Crippen LogP contribution < -0.4 is 10.1 Å². The number of anilines is 1. The van der Waals surface area contributed by atoms with Crippen LogP contribution in [0, 0.1) is 0 Å². The number of thioether (sulfide) groups is 1. The first-order valence-electron chi connectivity index (χ1n) is 10.2. The highest BCUT2D eigenvalue weighted by Gasteiger charge is 2.38. The lowest BCUT2D eigenvalue weighted by atomic mass is 10.1. The van der Waals surface area contributed by atoms with Crippen LogP contribution in [0.3, 0.4) is 0 Å². The van der Waals surface area contributed by atoms with Gasteiger partial charge in [-0.3, -0.25) is 14.5 Å². The number of hydrogen-bond donors (Lipinski definition) is 1. The molecule has 0 aliphatic carbocycles. The van der Waals surface area contributed by atoms with Gasteiger partial charge in [0.15, 0.2) is 5.17 Å². The van der Waals surface area contributed by atoms with Gasteiger partial charge in [0.1, 0.15) is 11.0 Å². The van der Waals surface area contributed by atoms with E-state index in [4.69, 9.17) is 9.73 Å². The molecule has 1 aliphatic rings. The van der Waals surface area contributed by atoms with E-state index >= 15 is 0 Å². The Bertz CT molecular complexity index is 928. The number of carbonyl (C=O) groups excluding carboxylic acids is 2. The summed E-state index contributed by atoms with van der Waals surface area (Å²) in [6.07, 6.45) is 0.966. The highest BCUT2D eigenvalue weighted by atomic mass is 32.2. The summed E-state index contributed by atoms with van der Waals surface area (Å²) in [5.41, 5.74) is 2.68. The van der Waals surface area contributed by atoms with E-state index in [9.17, 15) is 9.59 Å². The first-order chi connectivity index (χ1) is 14.5. The first kappa shape index (κ1) is 21.9. The van der Waals surface area contributed by atoms with Gasteiger partial charge in [0, 0.05) is 18.7 Å². The van der Waals surface area contributed by atoms with Crippen molar-refractivity contribution in [1.82, 2.24) is 4.90 Å². The van der Waals surface area contributed by atoms with Gasteiger partial charge in [0.2, 0.25) is 11.8 Å². The maximum absolute atomic E-state index is 12.8. The van der Waals surface area contributed by atoms with E-state index in [1.807, 2.05) is 50.2 Å². The number of aliphatic imine (C=N–C) groups is 1. The van der Waals surface area contributed by atoms with Gasteiger partial charge in [-0.2, -0.15) is 0 Å². The van der Waals surface area contributed by atoms with Crippen LogP contribution >= 0.6 is 11.8 Å². The summed E-state index contributed by atoms with van der Waals surface area (Å²) in [5.74, 6) is 0.483. The van der Waals surface area contributed by atoms with Crippen molar-refractivity contribution >= 4 is 40.1 Å². The molecule has 1 N–H and O–H groups in total. The van der Waals surface area contributed by atoms with Crippen molar-refractivity contribution in [2.45, 2.75) is 38.9 Å². The Hall–Kier alpha value is -2.80. The average molecular weight is 426 g/mol. The second kappa shape index (κ2) is 10.3. The molecular weight excluding hydrogens is 398 g/mol. The SMILES string of the molecule is CCOc1ccc(NC(=O)CC2SC(=Nc3ccccc3CC)N(CC)C2=O)cc1. The van der Waals surface area contributed by atoms with Crippen molar-refractivity contribution in [1.29, 1.82) is 0 Å². The summed E-state index contributed by atoms with van der Waals surface area (Å²) in [7, 11) is 0. The van der Waals surface area contributed by atoms with Crippen LogP contribution in [0.5, 0.6) is 5.75 Å². The fourth-order valence-corrected chi connectivity index (χ4v) is 4.43. The van der Waals surface area contributed by atoms with Crippen LogP contribution in [-0.4, -0.2) is 40.3 Å². The van der Waals surface area contributed by atoms with Gasteiger partial charge in [0.05, 0.1) is 12.3 Å². The third kappa shape index (κ3) is 5.21. The number of amides is 2. The van der Waals surface area contributed by atoms with Gasteiger partial charge < -0.3 is 10.1 Å². The maximum atomic E-state index is 12.8. The van der Waals surface area contributed by atoms with Gasteiger partial charge in [0.25, 0.3) is 0 Å². The summed E-state index contributed by atoms with van der Waals surface area (Å²) in [4.78, 5) is 31.7. The van der Waals surface area contributed by atoms with Crippen LogP contribution in [0.1, 0.15) is 32.8 Å². The summed E-state index contributed by atoms with van der Waals surface area (Å²) in [6, 6.07) is 15.1. The molecule has 1 saturated heterocycles. The Kier molecular flexibility index (Phi) is 7.52. The van der Waals surface area contributed by atoms with E-state index in [0.717, 1.165) is 23.4 Å². The van der Waals surface area contributed by atoms with Crippen molar-refractivity contribution < 1.29 is 14.3 Å². The Balaban J connectivity index is 1.68. The molecule has 1 heterocycles. The van der Waals surface area contributed by atoms with Crippen molar-refractivity contribution in [3.63, 3.8) is 0 Å². The molecule has 1 unspecified atom stereocenters. The monoisotopic (exact) mass is 425 g/mol. The van der Waals surface area contributed by atoms with Gasteiger partial charge in [-0.1, -0.05) is 36.9 Å². The third-order valence-electron chi connectivity index (χ3n) is 4.74. The fourth-order valence-electron chi connectivity index (χ4n) is 3.22. The van der Waals surface area contributed by atoms with E-state index in [1.165, 1.54) is 11.8 Å². The predicted octanol–water partition coefficient (Wildman–Crippen LogP) is 4.63. The Labute approximate surface area is 181 Å². The minimum absolute atomic E-state index is 0.0722. The number of amidine groups is 1. The van der Waals surface area contributed by atoms with Crippen molar-refractivity contribution in [3.8, 4) is 5.75 Å². The van der Waals surface area contributed by atoms with Crippen LogP contribution in [0.15, 0.2) is 53.5 Å². The molecule has 2 amide bonds. The number of aryl methyl sites for hydroxylation is 1. The lowest BCUT2D eigenvalue weighted by Gasteiger charge is -2.14. The molecule has 1 fully saturated rings. The highest BCUT2D eigenvalue weighted by molar-refractivity contribution is 8.15. The summed E-state index contributed by atoms with van der Waals surface area (Å²) >= 11 is 1.36. The van der Waals surface area contributed by atoms with E-state index in [-0.39, 0.29) is 18.2 Å². The molecule has 7 heteroatoms. The lowest BCUT2D eigenvalue weighted by molar-refractivity contribution is -0.128. The minimum Gasteiger partial charge on any atom is -0.494 e. The molecule has 0 saturated carbocycles. The van der Waals surface area contributed by atoms with Gasteiger partial charge >= 0.3 is 0 Å². The fraction of sp³-hybridized carbons (Fsp3) is 0.348. The summed E-state index contributed by atoms with van der Waals surface area (Å²) < 4.78 is 5.41. The van der Waals surface area contributed by atoms with E-state index < -0.39 is 5.25 Å². The largest absolute Gasteiger partial charge is 0.494 e. The van der Waals surface area contributed by atoms with E-state index in [0.29, 0.717) is 24.0 Å². The number of para-hydroxylation sites is 1. The molecule has 30 heavy (non-hydrogen) atoms. The number of nitrogens with one attached hydrogen (secondary N) is 1. The van der Waals surface area contributed by atoms with Crippen LogP contribution in [0.2, 0.25) is 0 Å². The smallest absolute Gasteiger partial charge is 0.242 e. The van der Waals surface area contributed by atoms with Crippen molar-refractivity contribution in [2.75, 3.05) is 18.5 Å². The first-order valence-corrected chi connectivity index (χ1v) is 11.1. The number of rotatable bonds is 8. The molecule has 0 bridgehead atoms. The molecule has 0 aromatic heterocycles. The second-order valence-corrected chi connectivity index (χ2v) is 7.95. The molecule has 1 aliphatic heterocycles. The number of benzene rings is 2. The van der Waals surface area contributed by atoms with Crippen LogP contribution in [0.25, 0.3) is 0 Å². The minimum atomic E-state index is -0.472. The highest BCUT2D eigenvalue weighted by Crippen LogP contribution is 2.32. The summed E-state index contributed by atoms with van der Waals surface area (Å²) in [5, 5.41) is 3.04. The standard InChI is InChI=1S/C23H27N3O3S/c1-4-16-9-7-8-10-19(16)25-23-26(5-2)22(28)20(30-23)15-21(27)24-17-11-13-18(14-12-17)29-6-3/h7-14,20H,4-6,15H2,1-3H3,(H,24,27). The zero-order valence-electron chi connectivity index (χ0n) is 17.6. The predicted molar refractivity (Wildman–Crippen MR) is 123 cm³/mol. The molecule has 1 atom stereocenters. The van der Waals surface area contributed by atoms with Gasteiger partial charge in [-0.05, 0) is 56.2 Å². The summed E-state index contributed by atoms with van der Waals surface area (Å²) in [6.45, 7) is 7.03. The molecular formula is C23H27N3O3S. The van der Waals surface area contributed by atoms with Crippen LogP contribution in [-0.2, 0) is 16.0 Å². The van der Waals surface area contributed by atoms with Gasteiger partial charge in [-0.25, -0.2) is 4.99 Å². The lowest BCUT2D eigenvalue weighted by Crippen LogP contribution is -2.33. The zero-order valence-corrected chi connectivity index (χ0v) is 18.4. The van der Waals surface area contributed by atoms with Gasteiger partial charge in [-0.15, -0.1) is 0 Å². The molecule has 6 nitrogen and oxygen atoms in total. The number of ether oxygens (including phenoxy) is 1. The van der Waals surface area contributed by atoms with Crippen molar-refractivity contribution in [2.24, 2.45) is 4.99 Å². The maximum Gasteiger partial charge on any atom is 0.242 e. The number of carbonyl (C=O) groups is 2. The average Bonchev–Trinajstić information content (AvgIpc) is 3.04. The Morgan fingerprint density at radius 1 is 1.13 bits per heavy atom. The molecule has 2 aromatic rings. The van der Waals surface area contributed by atoms with Crippen molar-refractivity contribution in [3.05, 3.63) is 54.1 Å². The molecule has 3 rings (SSSR count). The second-order valence-electron chi connectivity index (χ2n) is 6.78. The normalized spacial score (nSPS) is 17.4. The Morgan fingerprint density at radius 2 is 1.87 bits per heavy atom. The third-order valence-corrected chi connectivity index (χ3v) is 5.92. The topological polar surface area (TPSA) is 71.0 Å². The molecule has 158 valence electrons. The van der Waals surface area contributed by atoms with E-state index in [1.54, 1.807) is 17.0 Å². The van der Waals surface area contributed by atoms with Crippen LogP contribution in [0.4, 0.5) is 11.4 Å². The number of hydrogen-bond acceptors (Lipinski definition) is 5. The zero-order chi connectivity index (χ0) is 21.5. The molecule has 0 radical (unpaired) electrons. The number of nitrogens with zero attached hydrogens (tertiary/aromatic N) is 2.